The van der Waals surface area contributed by atoms with E-state index in [0.717, 1.165) is 56.2 Å². The van der Waals surface area contributed by atoms with Crippen molar-refractivity contribution in [2.45, 2.75) is 40.0 Å². The van der Waals surface area contributed by atoms with E-state index in [2.05, 4.69) is 135 Å². The second kappa shape index (κ2) is 9.17. The lowest BCUT2D eigenvalue weighted by Gasteiger charge is -2.22. The average molecular weight is 561 g/mol. The van der Waals surface area contributed by atoms with E-state index in [1.54, 1.807) is 0 Å². The minimum absolute atomic E-state index is 0.0837. The van der Waals surface area contributed by atoms with E-state index in [4.69, 9.17) is 14.7 Å². The number of benzene rings is 4. The normalized spacial score (nSPS) is 12.3. The summed E-state index contributed by atoms with van der Waals surface area (Å²) < 4.78 is 11.2. The Hall–Kier alpha value is -5.16. The summed E-state index contributed by atoms with van der Waals surface area (Å²) in [5.41, 5.74) is 8.50. The number of nitrogens with zero attached hydrogens (tertiary/aromatic N) is 4. The van der Waals surface area contributed by atoms with E-state index in [0.29, 0.717) is 0 Å². The molecule has 0 atom stereocenters. The molecule has 4 aromatic carbocycles. The van der Waals surface area contributed by atoms with Gasteiger partial charge in [-0.05, 0) is 84.8 Å². The highest BCUT2D eigenvalue weighted by molar-refractivity contribution is 6.12. The zero-order valence-corrected chi connectivity index (χ0v) is 25.0. The molecular formula is C38H32N4O. The average Bonchev–Trinajstić information content (AvgIpc) is 3.50. The van der Waals surface area contributed by atoms with E-state index in [-0.39, 0.29) is 5.41 Å². The number of para-hydroxylation sites is 2. The fraction of sp³-hybridized carbons (Fsp3) is 0.158. The molecule has 8 rings (SSSR count). The molecule has 0 aliphatic heterocycles. The summed E-state index contributed by atoms with van der Waals surface area (Å²) in [7, 11) is 0. The molecule has 0 unspecified atom stereocenters. The van der Waals surface area contributed by atoms with Crippen molar-refractivity contribution in [2.75, 3.05) is 0 Å². The largest absolute Gasteiger partial charge is 0.457 e. The van der Waals surface area contributed by atoms with Crippen molar-refractivity contribution in [3.63, 3.8) is 0 Å². The van der Waals surface area contributed by atoms with Gasteiger partial charge in [0.2, 0.25) is 0 Å². The van der Waals surface area contributed by atoms with Crippen molar-refractivity contribution < 1.29 is 4.74 Å². The molecule has 0 saturated heterocycles. The molecule has 0 fully saturated rings. The van der Waals surface area contributed by atoms with E-state index in [9.17, 15) is 0 Å². The molecule has 5 nitrogen and oxygen atoms in total. The lowest BCUT2D eigenvalue weighted by atomic mass is 9.86. The first-order chi connectivity index (χ1) is 20.8. The van der Waals surface area contributed by atoms with Gasteiger partial charge in [-0.3, -0.25) is 8.97 Å². The van der Waals surface area contributed by atoms with Gasteiger partial charge in [-0.25, -0.2) is 9.97 Å². The summed E-state index contributed by atoms with van der Waals surface area (Å²) >= 11 is 0. The summed E-state index contributed by atoms with van der Waals surface area (Å²) in [6.45, 7) is 10.9. The lowest BCUT2D eigenvalue weighted by Crippen LogP contribution is -2.12. The third-order valence-corrected chi connectivity index (χ3v) is 8.70. The van der Waals surface area contributed by atoms with Gasteiger partial charge in [0.15, 0.2) is 0 Å². The van der Waals surface area contributed by atoms with Crippen molar-refractivity contribution in [3.05, 3.63) is 120 Å². The minimum atomic E-state index is -0.0837. The first kappa shape index (κ1) is 25.5. The third kappa shape index (κ3) is 3.92. The molecule has 43 heavy (non-hydrogen) atoms. The SMILES string of the molecule is Cc1nc2c3cc(Oc4cc(-n5c6ccccc6c6cccnc65)cc(C(C)(C)C)c4)ccc3c3ccccc3n2c1C. The predicted molar refractivity (Wildman–Crippen MR) is 177 cm³/mol. The van der Waals surface area contributed by atoms with Crippen LogP contribution in [-0.2, 0) is 5.41 Å². The highest BCUT2D eigenvalue weighted by Crippen LogP contribution is 2.38. The Labute approximate surface area is 250 Å². The third-order valence-electron chi connectivity index (χ3n) is 8.70. The molecule has 0 bridgehead atoms. The van der Waals surface area contributed by atoms with Crippen LogP contribution in [-0.4, -0.2) is 18.9 Å². The number of fused-ring (bicyclic) bond motifs is 9. The molecule has 0 saturated carbocycles. The van der Waals surface area contributed by atoms with E-state index in [1.165, 1.54) is 27.2 Å². The van der Waals surface area contributed by atoms with Gasteiger partial charge in [0, 0.05) is 39.5 Å². The van der Waals surface area contributed by atoms with Crippen molar-refractivity contribution in [3.8, 4) is 17.2 Å². The molecule has 0 amide bonds. The van der Waals surface area contributed by atoms with Gasteiger partial charge in [-0.1, -0.05) is 57.2 Å². The molecule has 4 heterocycles. The van der Waals surface area contributed by atoms with Crippen LogP contribution in [0, 0.1) is 13.8 Å². The van der Waals surface area contributed by atoms with Gasteiger partial charge < -0.3 is 4.74 Å². The van der Waals surface area contributed by atoms with Crippen LogP contribution in [0.5, 0.6) is 11.5 Å². The fourth-order valence-corrected chi connectivity index (χ4v) is 6.39. The maximum Gasteiger partial charge on any atom is 0.145 e. The zero-order valence-electron chi connectivity index (χ0n) is 25.0. The minimum Gasteiger partial charge on any atom is -0.457 e. The van der Waals surface area contributed by atoms with Gasteiger partial charge in [-0.2, -0.15) is 0 Å². The number of ether oxygens (including phenoxy) is 1. The quantitative estimate of drug-likeness (QED) is 0.202. The molecule has 210 valence electrons. The molecule has 5 heteroatoms. The Morgan fingerprint density at radius 1 is 0.628 bits per heavy atom. The second-order valence-electron chi connectivity index (χ2n) is 12.5. The van der Waals surface area contributed by atoms with Crippen molar-refractivity contribution in [2.24, 2.45) is 0 Å². The number of rotatable bonds is 3. The lowest BCUT2D eigenvalue weighted by molar-refractivity contribution is 0.479. The van der Waals surface area contributed by atoms with Crippen molar-refractivity contribution in [1.82, 2.24) is 18.9 Å². The summed E-state index contributed by atoms with van der Waals surface area (Å²) in [4.78, 5) is 9.80. The monoisotopic (exact) mass is 560 g/mol. The van der Waals surface area contributed by atoms with E-state index >= 15 is 0 Å². The van der Waals surface area contributed by atoms with Crippen molar-refractivity contribution >= 4 is 49.3 Å². The highest BCUT2D eigenvalue weighted by atomic mass is 16.5. The van der Waals surface area contributed by atoms with Gasteiger partial charge in [0.25, 0.3) is 0 Å². The van der Waals surface area contributed by atoms with Crippen LogP contribution in [0.1, 0.15) is 37.7 Å². The fourth-order valence-electron chi connectivity index (χ4n) is 6.39. The first-order valence-electron chi connectivity index (χ1n) is 14.8. The standard InChI is InChI=1S/C38H32N4O/c1-23-24(2)41-34-14-8-6-11-30(34)29-17-16-27(22-33(29)37(41)40-23)43-28-20-25(38(3,4)5)19-26(21-28)42-35-15-9-7-12-31(35)32-13-10-18-39-36(32)42/h6-22H,1-5H3. The first-order valence-corrected chi connectivity index (χ1v) is 14.8. The summed E-state index contributed by atoms with van der Waals surface area (Å²) in [5, 5.41) is 5.77. The molecule has 4 aromatic heterocycles. The van der Waals surface area contributed by atoms with E-state index in [1.807, 2.05) is 12.3 Å². The molecule has 0 aliphatic rings. The Morgan fingerprint density at radius 3 is 2.14 bits per heavy atom. The van der Waals surface area contributed by atoms with Crippen LogP contribution in [0.3, 0.4) is 0 Å². The zero-order chi connectivity index (χ0) is 29.5. The van der Waals surface area contributed by atoms with Gasteiger partial charge in [-0.15, -0.1) is 0 Å². The van der Waals surface area contributed by atoms with Crippen LogP contribution in [0.15, 0.2) is 103 Å². The van der Waals surface area contributed by atoms with Crippen LogP contribution in [0.4, 0.5) is 0 Å². The molecule has 0 radical (unpaired) electrons. The molecule has 0 aliphatic carbocycles. The topological polar surface area (TPSA) is 44.3 Å². The Balaban J connectivity index is 1.33. The van der Waals surface area contributed by atoms with Crippen LogP contribution < -0.4 is 4.74 Å². The maximum absolute atomic E-state index is 6.71. The Kier molecular flexibility index (Phi) is 5.45. The summed E-state index contributed by atoms with van der Waals surface area (Å²) in [6.07, 6.45) is 1.86. The van der Waals surface area contributed by atoms with E-state index < -0.39 is 0 Å². The smallest absolute Gasteiger partial charge is 0.145 e. The Morgan fingerprint density at radius 2 is 1.35 bits per heavy atom. The van der Waals surface area contributed by atoms with Crippen LogP contribution in [0.2, 0.25) is 0 Å². The summed E-state index contributed by atoms with van der Waals surface area (Å²) in [6, 6.07) is 34.1. The maximum atomic E-state index is 6.71. The molecular weight excluding hydrogens is 528 g/mol. The molecule has 0 spiro atoms. The molecule has 0 N–H and O–H groups in total. The number of aromatic nitrogens is 4. The Bertz CT molecular complexity index is 2330. The van der Waals surface area contributed by atoms with Gasteiger partial charge in [0.1, 0.15) is 22.8 Å². The van der Waals surface area contributed by atoms with Crippen LogP contribution in [0.25, 0.3) is 54.9 Å². The number of hydrogen-bond donors (Lipinski definition) is 0. The van der Waals surface area contributed by atoms with Crippen molar-refractivity contribution in [1.29, 1.82) is 0 Å². The number of pyridine rings is 2. The highest BCUT2D eigenvalue weighted by Gasteiger charge is 2.20. The summed E-state index contributed by atoms with van der Waals surface area (Å²) in [5.74, 6) is 1.57. The second-order valence-corrected chi connectivity index (χ2v) is 12.5. The number of hydrogen-bond acceptors (Lipinski definition) is 3. The van der Waals surface area contributed by atoms with Gasteiger partial charge in [0.05, 0.1) is 22.4 Å². The molecule has 8 aromatic rings. The van der Waals surface area contributed by atoms with Gasteiger partial charge >= 0.3 is 0 Å². The number of aryl methyl sites for hydroxylation is 2. The van der Waals surface area contributed by atoms with Crippen LogP contribution >= 0.6 is 0 Å². The predicted octanol–water partition coefficient (Wildman–Crippen LogP) is 9.84. The number of imidazole rings is 1.